The Hall–Kier alpha value is -4.02. The Morgan fingerprint density at radius 2 is 1.79 bits per heavy atom. The molecular weight excluding hydrogens is 447 g/mol. The van der Waals surface area contributed by atoms with Gasteiger partial charge in [-0.3, -0.25) is 4.79 Å². The zero-order chi connectivity index (χ0) is 23.3. The van der Waals surface area contributed by atoms with Gasteiger partial charge in [0.2, 0.25) is 10.0 Å². The van der Waals surface area contributed by atoms with Crippen LogP contribution in [0, 0.1) is 5.82 Å². The van der Waals surface area contributed by atoms with E-state index in [9.17, 15) is 17.6 Å². The Labute approximate surface area is 189 Å². The van der Waals surface area contributed by atoms with Crippen LogP contribution in [0.1, 0.15) is 16.1 Å². The Morgan fingerprint density at radius 1 is 0.970 bits per heavy atom. The van der Waals surface area contributed by atoms with Gasteiger partial charge < -0.3 is 15.1 Å². The van der Waals surface area contributed by atoms with Gasteiger partial charge in [0.15, 0.2) is 0 Å². The molecule has 0 saturated heterocycles. The van der Waals surface area contributed by atoms with Crippen LogP contribution in [0.2, 0.25) is 0 Å². The molecule has 0 aliphatic carbocycles. The lowest BCUT2D eigenvalue weighted by Crippen LogP contribution is -2.23. The van der Waals surface area contributed by atoms with E-state index < -0.39 is 21.7 Å². The highest BCUT2D eigenvalue weighted by Crippen LogP contribution is 2.22. The quantitative estimate of drug-likeness (QED) is 0.357. The number of nitrogens with zero attached hydrogens (tertiary/aromatic N) is 1. The first-order valence-corrected chi connectivity index (χ1v) is 11.3. The highest BCUT2D eigenvalue weighted by Gasteiger charge is 2.17. The molecule has 1 amide bonds. The molecule has 0 atom stereocenters. The van der Waals surface area contributed by atoms with E-state index in [4.69, 9.17) is 4.42 Å². The summed E-state index contributed by atoms with van der Waals surface area (Å²) in [6, 6.07) is 18.1. The molecule has 2 aromatic heterocycles. The van der Waals surface area contributed by atoms with Crippen molar-refractivity contribution < 1.29 is 22.0 Å². The van der Waals surface area contributed by atoms with E-state index in [0.29, 0.717) is 11.4 Å². The Morgan fingerprint density at radius 3 is 2.58 bits per heavy atom. The molecule has 3 N–H and O–H groups in total. The van der Waals surface area contributed by atoms with Gasteiger partial charge in [-0.05, 0) is 60.7 Å². The van der Waals surface area contributed by atoms with E-state index in [1.807, 2.05) is 0 Å². The fourth-order valence-electron chi connectivity index (χ4n) is 2.99. The molecule has 2 heterocycles. The summed E-state index contributed by atoms with van der Waals surface area (Å²) in [4.78, 5) is 17.0. The monoisotopic (exact) mass is 466 g/mol. The number of aromatic nitrogens is 1. The van der Waals surface area contributed by atoms with Crippen LogP contribution in [0.5, 0.6) is 0 Å². The van der Waals surface area contributed by atoms with Crippen molar-refractivity contribution in [2.45, 2.75) is 11.4 Å². The summed E-state index contributed by atoms with van der Waals surface area (Å²) in [5.41, 5.74) is 0.908. The number of carbonyl (C=O) groups is 1. The fourth-order valence-corrected chi connectivity index (χ4v) is 4.03. The maximum atomic E-state index is 13.5. The molecule has 10 heteroatoms. The van der Waals surface area contributed by atoms with Crippen LogP contribution < -0.4 is 15.4 Å². The van der Waals surface area contributed by atoms with E-state index in [1.165, 1.54) is 48.9 Å². The number of pyridine rings is 1. The number of halogens is 1. The van der Waals surface area contributed by atoms with Crippen molar-refractivity contribution in [2.24, 2.45) is 0 Å². The summed E-state index contributed by atoms with van der Waals surface area (Å²) in [6.45, 7) is -0.00326. The molecule has 0 spiro atoms. The number of anilines is 3. The minimum Gasteiger partial charge on any atom is -0.468 e. The number of sulfonamides is 1. The van der Waals surface area contributed by atoms with Gasteiger partial charge in [-0.25, -0.2) is 22.5 Å². The number of carbonyl (C=O) groups excluding carboxylic acids is 1. The van der Waals surface area contributed by atoms with Gasteiger partial charge in [0.1, 0.15) is 17.4 Å². The van der Waals surface area contributed by atoms with Gasteiger partial charge >= 0.3 is 0 Å². The van der Waals surface area contributed by atoms with Crippen LogP contribution in [0.4, 0.5) is 21.6 Å². The molecule has 0 radical (unpaired) electrons. The van der Waals surface area contributed by atoms with Gasteiger partial charge in [0, 0.05) is 17.6 Å². The number of rotatable bonds is 8. The minimum absolute atomic E-state index is 0.00326. The average molecular weight is 466 g/mol. The predicted molar refractivity (Wildman–Crippen MR) is 121 cm³/mol. The number of amides is 1. The Kier molecular flexibility index (Phi) is 6.48. The van der Waals surface area contributed by atoms with Crippen molar-refractivity contribution >= 4 is 33.1 Å². The molecule has 4 aromatic rings. The average Bonchev–Trinajstić information content (AvgIpc) is 3.32. The molecule has 0 aliphatic heterocycles. The highest BCUT2D eigenvalue weighted by atomic mass is 32.2. The van der Waals surface area contributed by atoms with Crippen LogP contribution >= 0.6 is 0 Å². The van der Waals surface area contributed by atoms with Crippen LogP contribution in [0.15, 0.2) is 94.6 Å². The molecule has 0 unspecified atom stereocenters. The number of hydrogen-bond acceptors (Lipinski definition) is 6. The normalized spacial score (nSPS) is 11.2. The maximum Gasteiger partial charge on any atom is 0.259 e. The standard InChI is InChI=1S/C23H19FN4O4S/c24-16-5-1-6-17(13-16)27-22-21(10-3-11-25-22)23(29)28-18-7-2-9-20(14-18)33(30,31)26-15-19-8-4-12-32-19/h1-14,26H,15H2,(H,25,27)(H,28,29). The molecule has 33 heavy (non-hydrogen) atoms. The van der Waals surface area contributed by atoms with E-state index in [-0.39, 0.29) is 28.5 Å². The SMILES string of the molecule is O=C(Nc1cccc(S(=O)(=O)NCc2ccco2)c1)c1cccnc1Nc1cccc(F)c1. The largest absolute Gasteiger partial charge is 0.468 e. The molecule has 168 valence electrons. The first-order valence-electron chi connectivity index (χ1n) is 9.82. The summed E-state index contributed by atoms with van der Waals surface area (Å²) in [6.07, 6.45) is 2.95. The smallest absolute Gasteiger partial charge is 0.259 e. The van der Waals surface area contributed by atoms with Crippen molar-refractivity contribution in [3.8, 4) is 0 Å². The van der Waals surface area contributed by atoms with Crippen LogP contribution in [0.3, 0.4) is 0 Å². The number of hydrogen-bond donors (Lipinski definition) is 3. The fraction of sp³-hybridized carbons (Fsp3) is 0.0435. The number of furan rings is 1. The van der Waals surface area contributed by atoms with Gasteiger partial charge in [-0.2, -0.15) is 0 Å². The third-order valence-electron chi connectivity index (χ3n) is 4.56. The van der Waals surface area contributed by atoms with E-state index in [2.05, 4.69) is 20.3 Å². The van der Waals surface area contributed by atoms with E-state index >= 15 is 0 Å². The van der Waals surface area contributed by atoms with Gasteiger partial charge in [-0.15, -0.1) is 0 Å². The van der Waals surface area contributed by atoms with Crippen molar-refractivity contribution in [3.05, 3.63) is 102 Å². The second-order valence-electron chi connectivity index (χ2n) is 6.92. The minimum atomic E-state index is -3.83. The molecule has 0 aliphatic rings. The zero-order valence-corrected chi connectivity index (χ0v) is 18.0. The first-order chi connectivity index (χ1) is 15.9. The summed E-state index contributed by atoms with van der Waals surface area (Å²) in [5, 5.41) is 5.59. The second-order valence-corrected chi connectivity index (χ2v) is 8.69. The second kappa shape index (κ2) is 9.63. The number of nitrogens with one attached hydrogen (secondary N) is 3. The van der Waals surface area contributed by atoms with Gasteiger partial charge in [0.05, 0.1) is 23.3 Å². The lowest BCUT2D eigenvalue weighted by Gasteiger charge is -2.12. The Bertz CT molecular complexity index is 1370. The van der Waals surface area contributed by atoms with Crippen molar-refractivity contribution in [1.29, 1.82) is 0 Å². The predicted octanol–water partition coefficient (Wildman–Crippen LogP) is 4.29. The van der Waals surface area contributed by atoms with Crippen LogP contribution in [0.25, 0.3) is 0 Å². The molecule has 4 rings (SSSR count). The van der Waals surface area contributed by atoms with E-state index in [1.54, 1.807) is 36.4 Å². The molecule has 0 saturated carbocycles. The summed E-state index contributed by atoms with van der Waals surface area (Å²) in [7, 11) is -3.83. The maximum absolute atomic E-state index is 13.5. The van der Waals surface area contributed by atoms with Crippen molar-refractivity contribution in [1.82, 2.24) is 9.71 Å². The molecular formula is C23H19FN4O4S. The third-order valence-corrected chi connectivity index (χ3v) is 5.96. The summed E-state index contributed by atoms with van der Waals surface area (Å²) < 4.78 is 46.3. The Balaban J connectivity index is 1.50. The van der Waals surface area contributed by atoms with Gasteiger partial charge in [0.25, 0.3) is 5.91 Å². The van der Waals surface area contributed by atoms with Gasteiger partial charge in [-0.1, -0.05) is 12.1 Å². The topological polar surface area (TPSA) is 113 Å². The lowest BCUT2D eigenvalue weighted by molar-refractivity contribution is 0.102. The first kappa shape index (κ1) is 22.2. The third kappa shape index (κ3) is 5.62. The highest BCUT2D eigenvalue weighted by molar-refractivity contribution is 7.89. The van der Waals surface area contributed by atoms with E-state index in [0.717, 1.165) is 0 Å². The number of benzene rings is 2. The lowest BCUT2D eigenvalue weighted by atomic mass is 10.2. The van der Waals surface area contributed by atoms with Crippen molar-refractivity contribution in [3.63, 3.8) is 0 Å². The molecule has 0 bridgehead atoms. The summed E-state index contributed by atoms with van der Waals surface area (Å²) in [5.74, 6) is -0.247. The summed E-state index contributed by atoms with van der Waals surface area (Å²) >= 11 is 0. The zero-order valence-electron chi connectivity index (χ0n) is 17.2. The molecule has 0 fully saturated rings. The van der Waals surface area contributed by atoms with Crippen molar-refractivity contribution in [2.75, 3.05) is 10.6 Å². The van der Waals surface area contributed by atoms with Crippen LogP contribution in [-0.4, -0.2) is 19.3 Å². The van der Waals surface area contributed by atoms with Crippen LogP contribution in [-0.2, 0) is 16.6 Å². The molecule has 2 aromatic carbocycles. The molecule has 8 nitrogen and oxygen atoms in total.